The first-order valence-electron chi connectivity index (χ1n) is 9.81. The third-order valence-electron chi connectivity index (χ3n) is 5.07. The number of benzene rings is 2. The first-order valence-corrected chi connectivity index (χ1v) is 10.7. The largest absolute Gasteiger partial charge is 0.459 e. The molecule has 4 aromatic rings. The smallest absolute Gasteiger partial charge is 0.275 e. The van der Waals surface area contributed by atoms with E-state index in [2.05, 4.69) is 59.3 Å². The minimum atomic E-state index is -0.178. The van der Waals surface area contributed by atoms with Crippen LogP contribution in [0, 0.1) is 6.92 Å². The molecule has 0 spiro atoms. The Morgan fingerprint density at radius 3 is 2.62 bits per heavy atom. The summed E-state index contributed by atoms with van der Waals surface area (Å²) in [4.78, 5) is 13.9. The zero-order valence-electron chi connectivity index (χ0n) is 16.6. The normalized spacial score (nSPS) is 13.3. The highest BCUT2D eigenvalue weighted by molar-refractivity contribution is 7.10. The number of thiophene rings is 1. The number of nitrogens with two attached hydrogens (primary N) is 1. The van der Waals surface area contributed by atoms with Crippen LogP contribution in [-0.2, 0) is 4.79 Å². The molecule has 1 amide bonds. The van der Waals surface area contributed by atoms with E-state index in [-0.39, 0.29) is 18.0 Å². The van der Waals surface area contributed by atoms with Crippen LogP contribution in [0.1, 0.15) is 40.8 Å². The fourth-order valence-corrected chi connectivity index (χ4v) is 4.32. The third kappa shape index (κ3) is 4.58. The van der Waals surface area contributed by atoms with Gasteiger partial charge in [-0.25, -0.2) is 0 Å². The van der Waals surface area contributed by atoms with Crippen LogP contribution in [0.4, 0.5) is 0 Å². The van der Waals surface area contributed by atoms with Crippen molar-refractivity contribution in [2.75, 3.05) is 6.54 Å². The van der Waals surface area contributed by atoms with Gasteiger partial charge in [0.25, 0.3) is 5.91 Å². The van der Waals surface area contributed by atoms with E-state index in [9.17, 15) is 4.79 Å². The molecule has 29 heavy (non-hydrogen) atoms. The first kappa shape index (κ1) is 19.4. The number of hydrogen-bond acceptors (Lipinski definition) is 3. The fourth-order valence-electron chi connectivity index (χ4n) is 3.47. The molecular formula is C24H25N2O2S+. The van der Waals surface area contributed by atoms with Crippen molar-refractivity contribution in [2.24, 2.45) is 0 Å². The highest BCUT2D eigenvalue weighted by atomic mass is 32.1. The summed E-state index contributed by atoms with van der Waals surface area (Å²) in [5.74, 6) is 0.763. The van der Waals surface area contributed by atoms with E-state index < -0.39 is 0 Å². The lowest BCUT2D eigenvalue weighted by atomic mass is 10.0. The Morgan fingerprint density at radius 1 is 1.10 bits per heavy atom. The second-order valence-electron chi connectivity index (χ2n) is 7.32. The van der Waals surface area contributed by atoms with E-state index in [1.165, 1.54) is 16.0 Å². The molecule has 0 saturated heterocycles. The zero-order chi connectivity index (χ0) is 20.2. The third-order valence-corrected chi connectivity index (χ3v) is 6.03. The summed E-state index contributed by atoms with van der Waals surface area (Å²) in [6.45, 7) is 4.38. The Hall–Kier alpha value is -2.89. The number of fused-ring (bicyclic) bond motifs is 1. The molecule has 0 saturated carbocycles. The van der Waals surface area contributed by atoms with Crippen molar-refractivity contribution >= 4 is 28.2 Å². The molecule has 0 aliphatic carbocycles. The maximum absolute atomic E-state index is 12.6. The standard InChI is InChI=1S/C24H24N2O2S/c1-16-9-11-18(12-10-16)24(22-8-5-13-29-22)25-15-23(27)26-17(2)21-14-19-6-3-4-7-20(19)28-21/h3-14,17,24-25H,15H2,1-2H3,(H,26,27)/p+1/t17-,24+/m1/s1. The Bertz CT molecular complexity index is 1050. The molecule has 2 aromatic carbocycles. The average molecular weight is 406 g/mol. The van der Waals surface area contributed by atoms with E-state index in [0.717, 1.165) is 16.7 Å². The van der Waals surface area contributed by atoms with Gasteiger partial charge in [-0.05, 0) is 37.4 Å². The van der Waals surface area contributed by atoms with Crippen molar-refractivity contribution in [3.63, 3.8) is 0 Å². The van der Waals surface area contributed by atoms with Crippen molar-refractivity contribution < 1.29 is 14.5 Å². The van der Waals surface area contributed by atoms with Crippen LogP contribution in [0.15, 0.2) is 76.5 Å². The van der Waals surface area contributed by atoms with Crippen LogP contribution < -0.4 is 10.6 Å². The molecule has 0 aliphatic heterocycles. The SMILES string of the molecule is Cc1ccc([C@H]([NH2+]CC(=O)N[C@H](C)c2cc3ccccc3o2)c2cccs2)cc1. The van der Waals surface area contributed by atoms with E-state index >= 15 is 0 Å². The molecule has 0 unspecified atom stereocenters. The second-order valence-corrected chi connectivity index (χ2v) is 8.30. The van der Waals surface area contributed by atoms with Crippen molar-refractivity contribution in [1.29, 1.82) is 0 Å². The topological polar surface area (TPSA) is 58.9 Å². The minimum absolute atomic E-state index is 0.00776. The van der Waals surface area contributed by atoms with Crippen molar-refractivity contribution in [3.05, 3.63) is 93.9 Å². The zero-order valence-corrected chi connectivity index (χ0v) is 17.4. The van der Waals surface area contributed by atoms with Gasteiger partial charge >= 0.3 is 0 Å². The van der Waals surface area contributed by atoms with Crippen LogP contribution >= 0.6 is 11.3 Å². The average Bonchev–Trinajstić information content (AvgIpc) is 3.39. The predicted octanol–water partition coefficient (Wildman–Crippen LogP) is 4.33. The molecule has 2 aromatic heterocycles. The lowest BCUT2D eigenvalue weighted by molar-refractivity contribution is -0.676. The monoisotopic (exact) mass is 405 g/mol. The molecule has 148 valence electrons. The van der Waals surface area contributed by atoms with Crippen molar-refractivity contribution in [2.45, 2.75) is 25.9 Å². The lowest BCUT2D eigenvalue weighted by Crippen LogP contribution is -2.87. The molecule has 4 nitrogen and oxygen atoms in total. The summed E-state index contributed by atoms with van der Waals surface area (Å²) in [5, 5.41) is 8.28. The van der Waals surface area contributed by atoms with Gasteiger partial charge in [-0.1, -0.05) is 54.1 Å². The number of quaternary nitrogens is 1. The van der Waals surface area contributed by atoms with Gasteiger partial charge in [0.05, 0.1) is 10.9 Å². The molecule has 5 heteroatoms. The van der Waals surface area contributed by atoms with Gasteiger partial charge in [-0.2, -0.15) is 0 Å². The number of aryl methyl sites for hydroxylation is 1. The van der Waals surface area contributed by atoms with Crippen molar-refractivity contribution in [3.8, 4) is 0 Å². The van der Waals surface area contributed by atoms with E-state index in [1.807, 2.05) is 37.3 Å². The van der Waals surface area contributed by atoms with Gasteiger partial charge < -0.3 is 15.1 Å². The van der Waals surface area contributed by atoms with Gasteiger partial charge in [0.2, 0.25) is 0 Å². The summed E-state index contributed by atoms with van der Waals surface area (Å²) in [5.41, 5.74) is 3.28. The summed E-state index contributed by atoms with van der Waals surface area (Å²) in [7, 11) is 0. The maximum Gasteiger partial charge on any atom is 0.275 e. The summed E-state index contributed by atoms with van der Waals surface area (Å²) >= 11 is 1.72. The van der Waals surface area contributed by atoms with Crippen LogP contribution in [0.3, 0.4) is 0 Å². The number of rotatable bonds is 7. The van der Waals surface area contributed by atoms with Crippen LogP contribution in [-0.4, -0.2) is 12.5 Å². The van der Waals surface area contributed by atoms with Gasteiger partial charge in [-0.3, -0.25) is 4.79 Å². The van der Waals surface area contributed by atoms with E-state index in [4.69, 9.17) is 4.42 Å². The lowest BCUT2D eigenvalue weighted by Gasteiger charge is -2.16. The molecule has 0 radical (unpaired) electrons. The Morgan fingerprint density at radius 2 is 1.90 bits per heavy atom. The van der Waals surface area contributed by atoms with Gasteiger partial charge in [0.1, 0.15) is 17.4 Å². The van der Waals surface area contributed by atoms with Crippen molar-refractivity contribution in [1.82, 2.24) is 5.32 Å². The summed E-state index contributed by atoms with van der Waals surface area (Å²) in [6.07, 6.45) is 0. The molecule has 4 rings (SSSR count). The summed E-state index contributed by atoms with van der Waals surface area (Å²) < 4.78 is 5.87. The van der Waals surface area contributed by atoms with Gasteiger partial charge in [-0.15, -0.1) is 11.3 Å². The second kappa shape index (κ2) is 8.64. The molecule has 0 aliphatic rings. The highest BCUT2D eigenvalue weighted by Gasteiger charge is 2.21. The number of carbonyl (C=O) groups excluding carboxylic acids is 1. The van der Waals surface area contributed by atoms with E-state index in [1.54, 1.807) is 11.3 Å². The maximum atomic E-state index is 12.6. The van der Waals surface area contributed by atoms with Crippen LogP contribution in [0.5, 0.6) is 0 Å². The fraction of sp³-hybridized carbons (Fsp3) is 0.208. The van der Waals surface area contributed by atoms with Crippen LogP contribution in [0.2, 0.25) is 0 Å². The molecule has 0 fully saturated rings. The molecule has 2 atom stereocenters. The number of furan rings is 1. The molecule has 0 bridgehead atoms. The van der Waals surface area contributed by atoms with Gasteiger partial charge in [0, 0.05) is 10.9 Å². The summed E-state index contributed by atoms with van der Waals surface area (Å²) in [6, 6.07) is 22.5. The number of amides is 1. The Kier molecular flexibility index (Phi) is 5.79. The quantitative estimate of drug-likeness (QED) is 0.481. The number of hydrogen-bond donors (Lipinski definition) is 2. The number of nitrogens with one attached hydrogen (secondary N) is 1. The highest BCUT2D eigenvalue weighted by Crippen LogP contribution is 2.24. The van der Waals surface area contributed by atoms with Gasteiger partial charge in [0.15, 0.2) is 6.54 Å². The predicted molar refractivity (Wildman–Crippen MR) is 117 cm³/mol. The molecule has 2 heterocycles. The first-order chi connectivity index (χ1) is 14.1. The van der Waals surface area contributed by atoms with Crippen LogP contribution in [0.25, 0.3) is 11.0 Å². The Balaban J connectivity index is 1.41. The van der Waals surface area contributed by atoms with E-state index in [0.29, 0.717) is 6.54 Å². The molecular weight excluding hydrogens is 380 g/mol. The number of carbonyl (C=O) groups is 1. The Labute approximate surface area is 174 Å². The molecule has 3 N–H and O–H groups in total. The minimum Gasteiger partial charge on any atom is -0.459 e. The number of para-hydroxylation sites is 1.